The average molecular weight is 266 g/mol. The number of benzene rings is 1. The summed E-state index contributed by atoms with van der Waals surface area (Å²) in [6.07, 6.45) is 0.296. The van der Waals surface area contributed by atoms with Gasteiger partial charge in [0.25, 0.3) is 5.91 Å². The predicted octanol–water partition coefficient (Wildman–Crippen LogP) is 0.0663. The Morgan fingerprint density at radius 1 is 1.42 bits per heavy atom. The molecule has 1 unspecified atom stereocenters. The van der Waals surface area contributed by atoms with Gasteiger partial charge in [-0.2, -0.15) is 0 Å². The maximum atomic E-state index is 13.4. The fourth-order valence-electron chi connectivity index (χ4n) is 1.76. The van der Waals surface area contributed by atoms with E-state index in [1.165, 1.54) is 6.07 Å². The summed E-state index contributed by atoms with van der Waals surface area (Å²) in [7, 11) is 0. The summed E-state index contributed by atoms with van der Waals surface area (Å²) in [5, 5.41) is 13.5. The number of halogens is 1. The molecule has 100 valence electrons. The van der Waals surface area contributed by atoms with Gasteiger partial charge in [-0.25, -0.2) is 4.39 Å². The van der Waals surface area contributed by atoms with Crippen LogP contribution < -0.4 is 10.6 Å². The molecule has 1 saturated heterocycles. The molecule has 1 atom stereocenters. The van der Waals surface area contributed by atoms with Gasteiger partial charge in [0.2, 0.25) is 11.8 Å². The van der Waals surface area contributed by atoms with Gasteiger partial charge in [0, 0.05) is 12.5 Å². The Balaban J connectivity index is 2.09. The molecule has 1 aromatic rings. The number of piperidine rings is 1. The number of amides is 3. The van der Waals surface area contributed by atoms with Crippen LogP contribution >= 0.6 is 0 Å². The highest BCUT2D eigenvalue weighted by Gasteiger charge is 2.28. The zero-order chi connectivity index (χ0) is 14.0. The Labute approximate surface area is 107 Å². The van der Waals surface area contributed by atoms with Crippen molar-refractivity contribution >= 4 is 17.7 Å². The molecule has 1 fully saturated rings. The highest BCUT2D eigenvalue weighted by molar-refractivity contribution is 6.03. The van der Waals surface area contributed by atoms with Gasteiger partial charge in [-0.1, -0.05) is 0 Å². The molecule has 19 heavy (non-hydrogen) atoms. The van der Waals surface area contributed by atoms with Crippen LogP contribution in [-0.4, -0.2) is 28.9 Å². The number of aromatic hydroxyl groups is 1. The minimum Gasteiger partial charge on any atom is -0.508 e. The van der Waals surface area contributed by atoms with Crippen LogP contribution in [0.2, 0.25) is 0 Å². The number of phenols is 1. The van der Waals surface area contributed by atoms with E-state index >= 15 is 0 Å². The first-order valence-corrected chi connectivity index (χ1v) is 5.60. The fourth-order valence-corrected chi connectivity index (χ4v) is 1.76. The molecule has 0 radical (unpaired) electrons. The van der Waals surface area contributed by atoms with Crippen LogP contribution in [0.25, 0.3) is 0 Å². The van der Waals surface area contributed by atoms with Crippen LogP contribution in [0, 0.1) is 5.82 Å². The van der Waals surface area contributed by atoms with E-state index in [1.54, 1.807) is 0 Å². The van der Waals surface area contributed by atoms with E-state index in [0.717, 1.165) is 12.1 Å². The van der Waals surface area contributed by atoms with Gasteiger partial charge in [-0.05, 0) is 18.6 Å². The molecule has 0 aromatic heterocycles. The van der Waals surface area contributed by atoms with Gasteiger partial charge >= 0.3 is 0 Å². The summed E-state index contributed by atoms with van der Waals surface area (Å²) in [6, 6.07) is 2.23. The lowest BCUT2D eigenvalue weighted by Gasteiger charge is -2.21. The lowest BCUT2D eigenvalue weighted by molar-refractivity contribution is -0.134. The molecule has 3 N–H and O–H groups in total. The van der Waals surface area contributed by atoms with E-state index in [2.05, 4.69) is 10.6 Å². The molecule has 1 aliphatic heterocycles. The molecule has 1 aromatic carbocycles. The van der Waals surface area contributed by atoms with E-state index < -0.39 is 29.6 Å². The van der Waals surface area contributed by atoms with Crippen molar-refractivity contribution in [1.82, 2.24) is 10.6 Å². The topological polar surface area (TPSA) is 95.5 Å². The molecule has 0 bridgehead atoms. The average Bonchev–Trinajstić information content (AvgIpc) is 2.32. The minimum atomic E-state index is -0.884. The molecule has 1 heterocycles. The van der Waals surface area contributed by atoms with E-state index in [1.807, 2.05) is 0 Å². The van der Waals surface area contributed by atoms with Crippen LogP contribution in [0.3, 0.4) is 0 Å². The van der Waals surface area contributed by atoms with Crippen molar-refractivity contribution in [2.24, 2.45) is 0 Å². The summed E-state index contributed by atoms with van der Waals surface area (Å²) in [4.78, 5) is 34.1. The SMILES string of the molecule is O=C1CCC(NC(=O)c2ccc(O)cc2F)C(=O)N1. The van der Waals surface area contributed by atoms with Gasteiger partial charge in [-0.3, -0.25) is 19.7 Å². The molecular formula is C12H11FN2O4. The Morgan fingerprint density at radius 3 is 2.79 bits per heavy atom. The van der Waals surface area contributed by atoms with E-state index in [-0.39, 0.29) is 24.2 Å². The van der Waals surface area contributed by atoms with Crippen molar-refractivity contribution in [3.8, 4) is 5.75 Å². The molecule has 2 rings (SSSR count). The van der Waals surface area contributed by atoms with Crippen LogP contribution in [-0.2, 0) is 9.59 Å². The largest absolute Gasteiger partial charge is 0.508 e. The molecule has 0 spiro atoms. The number of carbonyl (C=O) groups excluding carboxylic acids is 3. The van der Waals surface area contributed by atoms with E-state index in [0.29, 0.717) is 0 Å². The van der Waals surface area contributed by atoms with Gasteiger partial charge < -0.3 is 10.4 Å². The Bertz CT molecular complexity index is 559. The second-order valence-electron chi connectivity index (χ2n) is 4.14. The highest BCUT2D eigenvalue weighted by Crippen LogP contribution is 2.15. The monoisotopic (exact) mass is 266 g/mol. The van der Waals surface area contributed by atoms with Crippen molar-refractivity contribution in [3.63, 3.8) is 0 Å². The smallest absolute Gasteiger partial charge is 0.254 e. The number of carbonyl (C=O) groups is 3. The van der Waals surface area contributed by atoms with Crippen LogP contribution in [0.1, 0.15) is 23.2 Å². The van der Waals surface area contributed by atoms with Gasteiger partial charge in [0.1, 0.15) is 17.6 Å². The second-order valence-corrected chi connectivity index (χ2v) is 4.14. The summed E-state index contributed by atoms with van der Waals surface area (Å²) < 4.78 is 13.4. The van der Waals surface area contributed by atoms with Crippen LogP contribution in [0.5, 0.6) is 5.75 Å². The molecule has 7 heteroatoms. The summed E-state index contributed by atoms with van der Waals surface area (Å²) in [5.74, 6) is -2.96. The van der Waals surface area contributed by atoms with Crippen LogP contribution in [0.15, 0.2) is 18.2 Å². The first kappa shape index (κ1) is 13.0. The number of hydrogen-bond donors (Lipinski definition) is 3. The van der Waals surface area contributed by atoms with Crippen molar-refractivity contribution in [2.45, 2.75) is 18.9 Å². The first-order valence-electron chi connectivity index (χ1n) is 5.60. The van der Waals surface area contributed by atoms with Gasteiger partial charge in [0.15, 0.2) is 0 Å². The predicted molar refractivity (Wildman–Crippen MR) is 61.7 cm³/mol. The van der Waals surface area contributed by atoms with Gasteiger partial charge in [0.05, 0.1) is 5.56 Å². The van der Waals surface area contributed by atoms with E-state index in [9.17, 15) is 18.8 Å². The third-order valence-corrected chi connectivity index (χ3v) is 2.74. The zero-order valence-electron chi connectivity index (χ0n) is 9.77. The third-order valence-electron chi connectivity index (χ3n) is 2.74. The molecular weight excluding hydrogens is 255 g/mol. The first-order chi connectivity index (χ1) is 8.97. The number of nitrogens with one attached hydrogen (secondary N) is 2. The number of rotatable bonds is 2. The zero-order valence-corrected chi connectivity index (χ0v) is 9.77. The van der Waals surface area contributed by atoms with Crippen molar-refractivity contribution < 1.29 is 23.9 Å². The molecule has 3 amide bonds. The molecule has 0 aliphatic carbocycles. The lowest BCUT2D eigenvalue weighted by Crippen LogP contribution is -2.52. The quantitative estimate of drug-likeness (QED) is 0.660. The molecule has 6 nitrogen and oxygen atoms in total. The standard InChI is InChI=1S/C12H11FN2O4/c13-8-5-6(16)1-2-7(8)11(18)14-9-3-4-10(17)15-12(9)19/h1-2,5,9,16H,3-4H2,(H,14,18)(H,15,17,19). The van der Waals surface area contributed by atoms with Crippen molar-refractivity contribution in [3.05, 3.63) is 29.6 Å². The Kier molecular flexibility index (Phi) is 3.46. The maximum Gasteiger partial charge on any atom is 0.254 e. The second kappa shape index (κ2) is 5.05. The Hall–Kier alpha value is -2.44. The minimum absolute atomic E-state index is 0.120. The van der Waals surface area contributed by atoms with E-state index in [4.69, 9.17) is 5.11 Å². The molecule has 0 saturated carbocycles. The number of imide groups is 1. The Morgan fingerprint density at radius 2 is 2.16 bits per heavy atom. The fraction of sp³-hybridized carbons (Fsp3) is 0.250. The number of phenolic OH excluding ortho intramolecular Hbond substituents is 1. The summed E-state index contributed by atoms with van der Waals surface area (Å²) >= 11 is 0. The van der Waals surface area contributed by atoms with Gasteiger partial charge in [-0.15, -0.1) is 0 Å². The lowest BCUT2D eigenvalue weighted by atomic mass is 10.1. The summed E-state index contributed by atoms with van der Waals surface area (Å²) in [5.41, 5.74) is -0.275. The molecule has 1 aliphatic rings. The van der Waals surface area contributed by atoms with Crippen LogP contribution in [0.4, 0.5) is 4.39 Å². The third kappa shape index (κ3) is 2.87. The summed E-state index contributed by atoms with van der Waals surface area (Å²) in [6.45, 7) is 0. The maximum absolute atomic E-state index is 13.4. The normalized spacial score (nSPS) is 18.9. The number of hydrogen-bond acceptors (Lipinski definition) is 4. The van der Waals surface area contributed by atoms with Crippen molar-refractivity contribution in [2.75, 3.05) is 0 Å². The van der Waals surface area contributed by atoms with Crippen molar-refractivity contribution in [1.29, 1.82) is 0 Å². The highest BCUT2D eigenvalue weighted by atomic mass is 19.1.